The van der Waals surface area contributed by atoms with Gasteiger partial charge in [0, 0.05) is 35.1 Å². The van der Waals surface area contributed by atoms with Crippen LogP contribution in [-0.2, 0) is 13.2 Å². The average molecular weight is 417 g/mol. The van der Waals surface area contributed by atoms with E-state index in [1.54, 1.807) is 72.9 Å². The Labute approximate surface area is 173 Å². The summed E-state index contributed by atoms with van der Waals surface area (Å²) in [6.07, 6.45) is 0. The Morgan fingerprint density at radius 3 is 2.61 bits per heavy atom. The molecule has 0 bridgehead atoms. The molecule has 0 atom stereocenters. The SMILES string of the molecule is COc1ccc(Cl)cc1CN(C)C(=O)c1ccc(OCc2csc(C)n2)cc1. The standard InChI is InChI=1S/C21H21ClN2O3S/c1-14-23-18(13-28-14)12-27-19-7-4-15(5-8-19)21(25)24(2)11-16-10-17(22)6-9-20(16)26-3/h4-10,13H,11-12H2,1-3H3. The largest absolute Gasteiger partial charge is 0.496 e. The van der Waals surface area contributed by atoms with Crippen molar-refractivity contribution in [3.63, 3.8) is 0 Å². The van der Waals surface area contributed by atoms with Crippen LogP contribution in [0.15, 0.2) is 47.8 Å². The number of hydrogen-bond donors (Lipinski definition) is 0. The number of hydrogen-bond acceptors (Lipinski definition) is 5. The maximum atomic E-state index is 12.7. The van der Waals surface area contributed by atoms with E-state index in [9.17, 15) is 4.79 Å². The van der Waals surface area contributed by atoms with Crippen molar-refractivity contribution in [2.24, 2.45) is 0 Å². The van der Waals surface area contributed by atoms with Gasteiger partial charge in [-0.3, -0.25) is 4.79 Å². The van der Waals surface area contributed by atoms with Gasteiger partial charge in [-0.15, -0.1) is 11.3 Å². The van der Waals surface area contributed by atoms with Gasteiger partial charge in [-0.1, -0.05) is 11.6 Å². The van der Waals surface area contributed by atoms with Crippen molar-refractivity contribution in [3.05, 3.63) is 74.7 Å². The van der Waals surface area contributed by atoms with E-state index in [-0.39, 0.29) is 5.91 Å². The molecule has 0 unspecified atom stereocenters. The topological polar surface area (TPSA) is 51.7 Å². The van der Waals surface area contributed by atoms with Crippen molar-refractivity contribution in [2.75, 3.05) is 14.2 Å². The highest BCUT2D eigenvalue weighted by molar-refractivity contribution is 7.09. The van der Waals surface area contributed by atoms with Crippen LogP contribution in [0.25, 0.3) is 0 Å². The number of rotatable bonds is 7. The molecular formula is C21H21ClN2O3S. The zero-order valence-electron chi connectivity index (χ0n) is 15.9. The van der Waals surface area contributed by atoms with E-state index in [0.29, 0.717) is 35.2 Å². The van der Waals surface area contributed by atoms with Crippen molar-refractivity contribution in [1.29, 1.82) is 0 Å². The number of amides is 1. The fraction of sp³-hybridized carbons (Fsp3) is 0.238. The first kappa shape index (κ1) is 20.2. The van der Waals surface area contributed by atoms with Crippen molar-refractivity contribution in [2.45, 2.75) is 20.1 Å². The van der Waals surface area contributed by atoms with Crippen LogP contribution in [0.3, 0.4) is 0 Å². The Kier molecular flexibility index (Phi) is 6.54. The molecule has 0 fully saturated rings. The Hall–Kier alpha value is -2.57. The molecule has 28 heavy (non-hydrogen) atoms. The Morgan fingerprint density at radius 2 is 1.96 bits per heavy atom. The quantitative estimate of drug-likeness (QED) is 0.546. The van der Waals surface area contributed by atoms with Gasteiger partial charge >= 0.3 is 0 Å². The molecule has 1 heterocycles. The molecule has 146 valence electrons. The molecule has 5 nitrogen and oxygen atoms in total. The Balaban J connectivity index is 1.63. The first-order valence-electron chi connectivity index (χ1n) is 8.68. The van der Waals surface area contributed by atoms with Gasteiger partial charge in [-0.05, 0) is 49.4 Å². The summed E-state index contributed by atoms with van der Waals surface area (Å²) in [5.41, 5.74) is 2.34. The van der Waals surface area contributed by atoms with E-state index >= 15 is 0 Å². The zero-order valence-corrected chi connectivity index (χ0v) is 17.5. The molecule has 0 radical (unpaired) electrons. The van der Waals surface area contributed by atoms with Gasteiger partial charge in [0.25, 0.3) is 5.91 Å². The molecule has 0 aliphatic rings. The van der Waals surface area contributed by atoms with E-state index in [1.165, 1.54) is 0 Å². The monoisotopic (exact) mass is 416 g/mol. The van der Waals surface area contributed by atoms with Gasteiger partial charge in [0.2, 0.25) is 0 Å². The normalized spacial score (nSPS) is 10.6. The minimum absolute atomic E-state index is 0.0938. The maximum Gasteiger partial charge on any atom is 0.253 e. The summed E-state index contributed by atoms with van der Waals surface area (Å²) in [4.78, 5) is 18.7. The predicted octanol–water partition coefficient (Wildman–Crippen LogP) is 4.96. The van der Waals surface area contributed by atoms with Crippen molar-refractivity contribution >= 4 is 28.8 Å². The van der Waals surface area contributed by atoms with Crippen LogP contribution in [0.5, 0.6) is 11.5 Å². The zero-order chi connectivity index (χ0) is 20.1. The minimum atomic E-state index is -0.0938. The summed E-state index contributed by atoms with van der Waals surface area (Å²) in [7, 11) is 3.35. The van der Waals surface area contributed by atoms with Crippen molar-refractivity contribution < 1.29 is 14.3 Å². The number of nitrogens with zero attached hydrogens (tertiary/aromatic N) is 2. The number of carbonyl (C=O) groups is 1. The lowest BCUT2D eigenvalue weighted by molar-refractivity contribution is 0.0784. The van der Waals surface area contributed by atoms with Gasteiger partial charge in [0.05, 0.1) is 17.8 Å². The highest BCUT2D eigenvalue weighted by Crippen LogP contribution is 2.24. The van der Waals surface area contributed by atoms with E-state index in [2.05, 4.69) is 4.98 Å². The fourth-order valence-corrected chi connectivity index (χ4v) is 3.54. The molecule has 1 aromatic heterocycles. The molecule has 0 aliphatic carbocycles. The van der Waals surface area contributed by atoms with Crippen molar-refractivity contribution in [3.8, 4) is 11.5 Å². The Morgan fingerprint density at radius 1 is 1.21 bits per heavy atom. The van der Waals surface area contributed by atoms with Crippen LogP contribution in [0.2, 0.25) is 5.02 Å². The summed E-state index contributed by atoms with van der Waals surface area (Å²) >= 11 is 7.66. The lowest BCUT2D eigenvalue weighted by Gasteiger charge is -2.19. The minimum Gasteiger partial charge on any atom is -0.496 e. The van der Waals surface area contributed by atoms with Gasteiger partial charge in [0.1, 0.15) is 18.1 Å². The van der Waals surface area contributed by atoms with Crippen LogP contribution < -0.4 is 9.47 Å². The van der Waals surface area contributed by atoms with E-state index in [1.807, 2.05) is 12.3 Å². The second kappa shape index (κ2) is 9.08. The maximum absolute atomic E-state index is 12.7. The summed E-state index contributed by atoms with van der Waals surface area (Å²) in [5, 5.41) is 3.60. The molecule has 3 aromatic rings. The second-order valence-corrected chi connectivity index (χ2v) is 7.79. The molecule has 3 rings (SSSR count). The van der Waals surface area contributed by atoms with Gasteiger partial charge < -0.3 is 14.4 Å². The summed E-state index contributed by atoms with van der Waals surface area (Å²) in [6.45, 7) is 2.76. The van der Waals surface area contributed by atoms with Crippen LogP contribution >= 0.6 is 22.9 Å². The third kappa shape index (κ3) is 5.03. The van der Waals surface area contributed by atoms with Crippen LogP contribution in [0.1, 0.15) is 26.6 Å². The number of thiazole rings is 1. The summed E-state index contributed by atoms with van der Waals surface area (Å²) in [6, 6.07) is 12.5. The predicted molar refractivity (Wildman–Crippen MR) is 111 cm³/mol. The van der Waals surface area contributed by atoms with Crippen LogP contribution in [-0.4, -0.2) is 29.9 Å². The number of benzene rings is 2. The number of carbonyl (C=O) groups excluding carboxylic acids is 1. The van der Waals surface area contributed by atoms with Crippen molar-refractivity contribution in [1.82, 2.24) is 9.88 Å². The molecule has 7 heteroatoms. The second-order valence-electron chi connectivity index (χ2n) is 6.29. The third-order valence-electron chi connectivity index (χ3n) is 4.15. The van der Waals surface area contributed by atoms with Gasteiger partial charge in [-0.2, -0.15) is 0 Å². The molecule has 0 saturated carbocycles. The molecule has 0 spiro atoms. The van der Waals surface area contributed by atoms with E-state index in [4.69, 9.17) is 21.1 Å². The third-order valence-corrected chi connectivity index (χ3v) is 5.21. The molecule has 2 aromatic carbocycles. The average Bonchev–Trinajstić information content (AvgIpc) is 3.11. The number of aryl methyl sites for hydroxylation is 1. The molecule has 1 amide bonds. The highest BCUT2D eigenvalue weighted by Gasteiger charge is 2.15. The number of methoxy groups -OCH3 is 1. The van der Waals surface area contributed by atoms with E-state index in [0.717, 1.165) is 16.3 Å². The summed E-state index contributed by atoms with van der Waals surface area (Å²) in [5.74, 6) is 1.30. The van der Waals surface area contributed by atoms with Crippen LogP contribution in [0, 0.1) is 6.92 Å². The first-order valence-corrected chi connectivity index (χ1v) is 9.94. The summed E-state index contributed by atoms with van der Waals surface area (Å²) < 4.78 is 11.1. The highest BCUT2D eigenvalue weighted by atomic mass is 35.5. The first-order chi connectivity index (χ1) is 13.5. The number of ether oxygens (including phenoxy) is 2. The van der Waals surface area contributed by atoms with E-state index < -0.39 is 0 Å². The lowest BCUT2D eigenvalue weighted by Crippen LogP contribution is -2.26. The molecular weight excluding hydrogens is 396 g/mol. The molecule has 0 saturated heterocycles. The molecule has 0 N–H and O–H groups in total. The Bertz CT molecular complexity index is 957. The number of halogens is 1. The molecule has 0 aliphatic heterocycles. The van der Waals surface area contributed by atoms with Gasteiger partial charge in [0.15, 0.2) is 0 Å². The van der Waals surface area contributed by atoms with Crippen LogP contribution in [0.4, 0.5) is 0 Å². The smallest absolute Gasteiger partial charge is 0.253 e. The van der Waals surface area contributed by atoms with Gasteiger partial charge in [-0.25, -0.2) is 4.98 Å². The fourth-order valence-electron chi connectivity index (χ4n) is 2.74. The number of aromatic nitrogens is 1. The lowest BCUT2D eigenvalue weighted by atomic mass is 10.1.